The van der Waals surface area contributed by atoms with Gasteiger partial charge in [-0.15, -0.1) is 0 Å². The zero-order chi connectivity index (χ0) is 18.4. The Hall–Kier alpha value is -2.89. The molecule has 6 nitrogen and oxygen atoms in total. The molecule has 0 aliphatic carbocycles. The van der Waals surface area contributed by atoms with E-state index >= 15 is 0 Å². The van der Waals surface area contributed by atoms with Crippen molar-refractivity contribution in [2.75, 3.05) is 50.1 Å². The van der Waals surface area contributed by atoms with Crippen molar-refractivity contribution in [3.05, 3.63) is 48.5 Å². The third-order valence-electron chi connectivity index (χ3n) is 4.43. The zero-order valence-electron chi connectivity index (χ0n) is 15.3. The number of hydrogen-bond donors (Lipinski definition) is 1. The van der Waals surface area contributed by atoms with Gasteiger partial charge in [-0.2, -0.15) is 0 Å². The van der Waals surface area contributed by atoms with Crippen LogP contribution in [0.15, 0.2) is 48.5 Å². The van der Waals surface area contributed by atoms with Crippen LogP contribution < -0.4 is 19.7 Å². The van der Waals surface area contributed by atoms with Crippen molar-refractivity contribution in [1.82, 2.24) is 4.90 Å². The van der Waals surface area contributed by atoms with E-state index in [1.54, 1.807) is 7.11 Å². The Morgan fingerprint density at radius 2 is 1.73 bits per heavy atom. The first kappa shape index (κ1) is 17.9. The predicted molar refractivity (Wildman–Crippen MR) is 103 cm³/mol. The van der Waals surface area contributed by atoms with Crippen molar-refractivity contribution < 1.29 is 14.3 Å². The first-order chi connectivity index (χ1) is 12.7. The maximum atomic E-state index is 12.5. The normalized spacial score (nSPS) is 14.1. The van der Waals surface area contributed by atoms with Crippen molar-refractivity contribution in [1.29, 1.82) is 0 Å². The lowest BCUT2D eigenvalue weighted by molar-refractivity contribution is 0.208. The number of methoxy groups -OCH3 is 1. The number of carbonyl (C=O) groups is 1. The Balaban J connectivity index is 1.55. The van der Waals surface area contributed by atoms with E-state index in [0.29, 0.717) is 31.1 Å². The summed E-state index contributed by atoms with van der Waals surface area (Å²) in [7, 11) is 1.60. The Morgan fingerprint density at radius 3 is 2.38 bits per heavy atom. The summed E-state index contributed by atoms with van der Waals surface area (Å²) in [5.74, 6) is 1.54. The fourth-order valence-electron chi connectivity index (χ4n) is 3.03. The number of hydrogen-bond acceptors (Lipinski definition) is 4. The Labute approximate surface area is 154 Å². The topological polar surface area (TPSA) is 54.0 Å². The number of amides is 2. The number of nitrogens with one attached hydrogen (secondary N) is 1. The molecule has 0 unspecified atom stereocenters. The molecule has 0 saturated carbocycles. The van der Waals surface area contributed by atoms with Crippen LogP contribution in [0.2, 0.25) is 0 Å². The predicted octanol–water partition coefficient (Wildman–Crippen LogP) is 3.45. The number of anilines is 2. The van der Waals surface area contributed by atoms with Crippen LogP contribution in [0.1, 0.15) is 6.92 Å². The van der Waals surface area contributed by atoms with Crippen molar-refractivity contribution in [3.63, 3.8) is 0 Å². The van der Waals surface area contributed by atoms with Crippen LogP contribution in [0.5, 0.6) is 11.5 Å². The van der Waals surface area contributed by atoms with Gasteiger partial charge in [0.25, 0.3) is 0 Å². The van der Waals surface area contributed by atoms with Gasteiger partial charge < -0.3 is 24.6 Å². The molecular weight excluding hydrogens is 330 g/mol. The van der Waals surface area contributed by atoms with Crippen molar-refractivity contribution >= 4 is 17.4 Å². The molecule has 0 spiro atoms. The molecule has 6 heteroatoms. The molecule has 1 fully saturated rings. The van der Waals surface area contributed by atoms with Gasteiger partial charge in [0.2, 0.25) is 0 Å². The highest BCUT2D eigenvalue weighted by Crippen LogP contribution is 2.24. The molecule has 1 aliphatic heterocycles. The third kappa shape index (κ3) is 4.20. The summed E-state index contributed by atoms with van der Waals surface area (Å²) in [6, 6.07) is 15.4. The van der Waals surface area contributed by atoms with Crippen LogP contribution in [0.25, 0.3) is 0 Å². The molecule has 0 aromatic heterocycles. The molecule has 3 rings (SSSR count). The second-order valence-electron chi connectivity index (χ2n) is 6.03. The van der Waals surface area contributed by atoms with Gasteiger partial charge in [-0.05, 0) is 43.3 Å². The summed E-state index contributed by atoms with van der Waals surface area (Å²) in [6.45, 7) is 5.59. The standard InChI is InChI=1S/C20H25N3O3/c1-3-26-17-10-8-16(9-11-17)22-12-14-23(15-13-22)20(24)21-18-6-4-5-7-19(18)25-2/h4-11H,3,12-15H2,1-2H3,(H,21,24). The molecule has 2 aromatic carbocycles. The third-order valence-corrected chi connectivity index (χ3v) is 4.43. The lowest BCUT2D eigenvalue weighted by Gasteiger charge is -2.36. The summed E-state index contributed by atoms with van der Waals surface area (Å²) < 4.78 is 10.8. The first-order valence-electron chi connectivity index (χ1n) is 8.88. The minimum Gasteiger partial charge on any atom is -0.495 e. The fraction of sp³-hybridized carbons (Fsp3) is 0.350. The number of urea groups is 1. The second-order valence-corrected chi connectivity index (χ2v) is 6.03. The van der Waals surface area contributed by atoms with Crippen LogP contribution in [-0.4, -0.2) is 50.8 Å². The molecule has 2 amide bonds. The van der Waals surface area contributed by atoms with E-state index in [4.69, 9.17) is 9.47 Å². The lowest BCUT2D eigenvalue weighted by Crippen LogP contribution is -2.50. The SMILES string of the molecule is CCOc1ccc(N2CCN(C(=O)Nc3ccccc3OC)CC2)cc1. The molecule has 2 aromatic rings. The van der Waals surface area contributed by atoms with E-state index < -0.39 is 0 Å². The number of piperazine rings is 1. The first-order valence-corrected chi connectivity index (χ1v) is 8.88. The van der Waals surface area contributed by atoms with Crippen molar-refractivity contribution in [3.8, 4) is 11.5 Å². The van der Waals surface area contributed by atoms with Gasteiger partial charge in [-0.25, -0.2) is 4.79 Å². The number of carbonyl (C=O) groups excluding carboxylic acids is 1. The van der Waals surface area contributed by atoms with Gasteiger partial charge in [-0.1, -0.05) is 12.1 Å². The summed E-state index contributed by atoms with van der Waals surface area (Å²) in [6.07, 6.45) is 0. The quantitative estimate of drug-likeness (QED) is 0.893. The molecule has 0 atom stereocenters. The highest BCUT2D eigenvalue weighted by molar-refractivity contribution is 5.91. The number of ether oxygens (including phenoxy) is 2. The average Bonchev–Trinajstić information content (AvgIpc) is 2.69. The number of nitrogens with zero attached hydrogens (tertiary/aromatic N) is 2. The molecule has 0 radical (unpaired) electrons. The van der Waals surface area contributed by atoms with Crippen molar-refractivity contribution in [2.45, 2.75) is 6.92 Å². The Kier molecular flexibility index (Phi) is 5.84. The van der Waals surface area contributed by atoms with Crippen molar-refractivity contribution in [2.24, 2.45) is 0 Å². The Morgan fingerprint density at radius 1 is 1.04 bits per heavy atom. The van der Waals surface area contributed by atoms with Gasteiger partial charge >= 0.3 is 6.03 Å². The summed E-state index contributed by atoms with van der Waals surface area (Å²) in [5, 5.41) is 2.93. The van der Waals surface area contributed by atoms with E-state index in [2.05, 4.69) is 22.3 Å². The average molecular weight is 355 g/mol. The molecule has 1 heterocycles. The molecule has 138 valence electrons. The van der Waals surface area contributed by atoms with E-state index in [9.17, 15) is 4.79 Å². The van der Waals surface area contributed by atoms with Crippen LogP contribution in [-0.2, 0) is 0 Å². The maximum Gasteiger partial charge on any atom is 0.322 e. The smallest absolute Gasteiger partial charge is 0.322 e. The minimum atomic E-state index is -0.0964. The lowest BCUT2D eigenvalue weighted by atomic mass is 10.2. The summed E-state index contributed by atoms with van der Waals surface area (Å²) in [5.41, 5.74) is 1.84. The van der Waals surface area contributed by atoms with Gasteiger partial charge in [0.1, 0.15) is 11.5 Å². The summed E-state index contributed by atoms with van der Waals surface area (Å²) >= 11 is 0. The van der Waals surface area contributed by atoms with Gasteiger partial charge in [-0.3, -0.25) is 0 Å². The molecule has 1 N–H and O–H groups in total. The molecule has 1 aliphatic rings. The number of para-hydroxylation sites is 2. The van der Waals surface area contributed by atoms with E-state index in [-0.39, 0.29) is 6.03 Å². The highest BCUT2D eigenvalue weighted by Gasteiger charge is 2.22. The molecule has 1 saturated heterocycles. The van der Waals surface area contributed by atoms with Crippen LogP contribution >= 0.6 is 0 Å². The second kappa shape index (κ2) is 8.47. The number of benzene rings is 2. The molecular formula is C20H25N3O3. The highest BCUT2D eigenvalue weighted by atomic mass is 16.5. The van der Waals surface area contributed by atoms with Crippen LogP contribution in [0.4, 0.5) is 16.2 Å². The van der Waals surface area contributed by atoms with Gasteiger partial charge in [0.05, 0.1) is 19.4 Å². The largest absolute Gasteiger partial charge is 0.495 e. The summed E-state index contributed by atoms with van der Waals surface area (Å²) in [4.78, 5) is 16.6. The van der Waals surface area contributed by atoms with Gasteiger partial charge in [0, 0.05) is 31.9 Å². The number of rotatable bonds is 5. The van der Waals surface area contributed by atoms with E-state index in [1.807, 2.05) is 48.2 Å². The van der Waals surface area contributed by atoms with Crippen LogP contribution in [0.3, 0.4) is 0 Å². The monoisotopic (exact) mass is 355 g/mol. The van der Waals surface area contributed by atoms with E-state index in [0.717, 1.165) is 24.5 Å². The van der Waals surface area contributed by atoms with Crippen LogP contribution in [0, 0.1) is 0 Å². The Bertz CT molecular complexity index is 725. The zero-order valence-corrected chi connectivity index (χ0v) is 15.3. The maximum absolute atomic E-state index is 12.5. The molecule has 26 heavy (non-hydrogen) atoms. The minimum absolute atomic E-state index is 0.0964. The fourth-order valence-corrected chi connectivity index (χ4v) is 3.03. The van der Waals surface area contributed by atoms with Gasteiger partial charge in [0.15, 0.2) is 0 Å². The van der Waals surface area contributed by atoms with E-state index in [1.165, 1.54) is 0 Å². The molecule has 0 bridgehead atoms.